The van der Waals surface area contributed by atoms with Gasteiger partial charge in [0, 0.05) is 0 Å². The molecule has 3 unspecified atom stereocenters. The highest BCUT2D eigenvalue weighted by Crippen LogP contribution is 2.53. The zero-order chi connectivity index (χ0) is 11.2. The van der Waals surface area contributed by atoms with Crippen molar-refractivity contribution in [3.63, 3.8) is 0 Å². The van der Waals surface area contributed by atoms with Gasteiger partial charge in [-0.3, -0.25) is 0 Å². The lowest BCUT2D eigenvalue weighted by atomic mass is 9.72. The minimum atomic E-state index is 0.375. The molecule has 0 aliphatic heterocycles. The second kappa shape index (κ2) is 3.37. The predicted octanol–water partition coefficient (Wildman–Crippen LogP) is 4.57. The first-order chi connectivity index (χ1) is 6.93. The summed E-state index contributed by atoms with van der Waals surface area (Å²) in [6, 6.07) is 8.99. The van der Waals surface area contributed by atoms with E-state index in [2.05, 4.69) is 58.9 Å². The Kier molecular flexibility index (Phi) is 2.41. The zero-order valence-electron chi connectivity index (χ0n) is 10.5. The first-order valence-electron chi connectivity index (χ1n) is 6.01. The van der Waals surface area contributed by atoms with Gasteiger partial charge < -0.3 is 0 Å². The average molecular weight is 202 g/mol. The molecule has 1 aliphatic rings. The predicted molar refractivity (Wildman–Crippen MR) is 66.2 cm³/mol. The summed E-state index contributed by atoms with van der Waals surface area (Å²) in [4.78, 5) is 0. The smallest absolute Gasteiger partial charge is 0.00790 e. The molecule has 0 saturated heterocycles. The Hall–Kier alpha value is -0.780. The molecule has 0 spiro atoms. The second-order valence-corrected chi connectivity index (χ2v) is 6.12. The van der Waals surface area contributed by atoms with E-state index in [1.54, 1.807) is 11.1 Å². The van der Waals surface area contributed by atoms with Gasteiger partial charge in [0.2, 0.25) is 0 Å². The minimum absolute atomic E-state index is 0.375. The SMILES string of the molecule is CC1c2ccccc2C(C(C)(C)C)C1C. The largest absolute Gasteiger partial charge is 0.0620 e. The Labute approximate surface area is 93.7 Å². The normalized spacial score (nSPS) is 30.3. The Morgan fingerprint density at radius 3 is 2.00 bits per heavy atom. The summed E-state index contributed by atoms with van der Waals surface area (Å²) in [7, 11) is 0. The maximum absolute atomic E-state index is 2.40. The molecule has 0 bridgehead atoms. The van der Waals surface area contributed by atoms with Gasteiger partial charge in [-0.25, -0.2) is 0 Å². The Bertz CT molecular complexity index is 357. The maximum Gasteiger partial charge on any atom is -0.00790 e. The third-order valence-corrected chi connectivity index (χ3v) is 4.07. The molecule has 15 heavy (non-hydrogen) atoms. The molecular weight excluding hydrogens is 180 g/mol. The van der Waals surface area contributed by atoms with E-state index in [1.165, 1.54) is 0 Å². The van der Waals surface area contributed by atoms with Gasteiger partial charge in [0.15, 0.2) is 0 Å². The van der Waals surface area contributed by atoms with Gasteiger partial charge in [-0.05, 0) is 34.3 Å². The topological polar surface area (TPSA) is 0 Å². The third-order valence-electron chi connectivity index (χ3n) is 4.07. The van der Waals surface area contributed by atoms with Crippen molar-refractivity contribution in [3.8, 4) is 0 Å². The van der Waals surface area contributed by atoms with Crippen LogP contribution < -0.4 is 0 Å². The Morgan fingerprint density at radius 1 is 0.933 bits per heavy atom. The lowest BCUT2D eigenvalue weighted by Gasteiger charge is -2.32. The summed E-state index contributed by atoms with van der Waals surface area (Å²) in [5.74, 6) is 2.19. The Balaban J connectivity index is 2.52. The van der Waals surface area contributed by atoms with Gasteiger partial charge in [-0.15, -0.1) is 0 Å². The Morgan fingerprint density at radius 2 is 1.47 bits per heavy atom. The zero-order valence-corrected chi connectivity index (χ0v) is 10.5. The van der Waals surface area contributed by atoms with E-state index in [-0.39, 0.29) is 0 Å². The van der Waals surface area contributed by atoms with Crippen molar-refractivity contribution in [2.24, 2.45) is 11.3 Å². The van der Waals surface area contributed by atoms with Crippen LogP contribution >= 0.6 is 0 Å². The number of rotatable bonds is 0. The van der Waals surface area contributed by atoms with Crippen LogP contribution in [0.1, 0.15) is 57.6 Å². The monoisotopic (exact) mass is 202 g/mol. The molecule has 0 radical (unpaired) electrons. The highest BCUT2D eigenvalue weighted by atomic mass is 14.4. The van der Waals surface area contributed by atoms with Crippen LogP contribution in [-0.4, -0.2) is 0 Å². The molecule has 0 saturated carbocycles. The van der Waals surface area contributed by atoms with Crippen LogP contribution in [0.4, 0.5) is 0 Å². The molecule has 0 N–H and O–H groups in total. The van der Waals surface area contributed by atoms with Crippen molar-refractivity contribution >= 4 is 0 Å². The molecule has 0 fully saturated rings. The maximum atomic E-state index is 2.40. The van der Waals surface area contributed by atoms with Crippen molar-refractivity contribution in [1.29, 1.82) is 0 Å². The van der Waals surface area contributed by atoms with Crippen LogP contribution in [0.25, 0.3) is 0 Å². The molecule has 3 atom stereocenters. The average Bonchev–Trinajstić information content (AvgIpc) is 2.39. The summed E-state index contributed by atoms with van der Waals surface area (Å²) in [5, 5.41) is 0. The van der Waals surface area contributed by atoms with Crippen LogP contribution in [-0.2, 0) is 0 Å². The number of hydrogen-bond donors (Lipinski definition) is 0. The van der Waals surface area contributed by atoms with Crippen LogP contribution in [0.5, 0.6) is 0 Å². The number of benzene rings is 1. The molecule has 1 aromatic rings. The molecule has 0 heteroatoms. The van der Waals surface area contributed by atoms with E-state index in [1.807, 2.05) is 0 Å². The van der Waals surface area contributed by atoms with Crippen molar-refractivity contribution in [2.45, 2.75) is 46.5 Å². The van der Waals surface area contributed by atoms with E-state index < -0.39 is 0 Å². The minimum Gasteiger partial charge on any atom is -0.0620 e. The van der Waals surface area contributed by atoms with Gasteiger partial charge in [0.05, 0.1) is 0 Å². The summed E-state index contributed by atoms with van der Waals surface area (Å²) in [5.41, 5.74) is 3.54. The molecule has 0 amide bonds. The molecule has 0 heterocycles. The van der Waals surface area contributed by atoms with Crippen LogP contribution in [0.3, 0.4) is 0 Å². The molecule has 82 valence electrons. The number of fused-ring (bicyclic) bond motifs is 1. The fourth-order valence-electron chi connectivity index (χ4n) is 3.32. The van der Waals surface area contributed by atoms with Gasteiger partial charge in [0.25, 0.3) is 0 Å². The molecule has 0 aromatic heterocycles. The van der Waals surface area contributed by atoms with Crippen molar-refractivity contribution in [3.05, 3.63) is 35.4 Å². The van der Waals surface area contributed by atoms with Crippen molar-refractivity contribution < 1.29 is 0 Å². The highest BCUT2D eigenvalue weighted by Gasteiger charge is 2.41. The highest BCUT2D eigenvalue weighted by molar-refractivity contribution is 5.40. The van der Waals surface area contributed by atoms with E-state index in [0.717, 1.165) is 5.92 Å². The fourth-order valence-corrected chi connectivity index (χ4v) is 3.32. The molecule has 0 nitrogen and oxygen atoms in total. The van der Waals surface area contributed by atoms with Crippen molar-refractivity contribution in [1.82, 2.24) is 0 Å². The first kappa shape index (κ1) is 10.7. The summed E-state index contributed by atoms with van der Waals surface area (Å²) >= 11 is 0. The van der Waals surface area contributed by atoms with Gasteiger partial charge >= 0.3 is 0 Å². The number of hydrogen-bond acceptors (Lipinski definition) is 0. The second-order valence-electron chi connectivity index (χ2n) is 6.12. The van der Waals surface area contributed by atoms with Crippen LogP contribution in [0.15, 0.2) is 24.3 Å². The fraction of sp³-hybridized carbons (Fsp3) is 0.600. The summed E-state index contributed by atoms with van der Waals surface area (Å²) in [6.45, 7) is 11.9. The lowest BCUT2D eigenvalue weighted by molar-refractivity contribution is 0.248. The molecule has 1 aliphatic carbocycles. The molecule has 1 aromatic carbocycles. The van der Waals surface area contributed by atoms with Crippen LogP contribution in [0.2, 0.25) is 0 Å². The quantitative estimate of drug-likeness (QED) is 0.578. The van der Waals surface area contributed by atoms with Gasteiger partial charge in [-0.2, -0.15) is 0 Å². The van der Waals surface area contributed by atoms with E-state index in [4.69, 9.17) is 0 Å². The first-order valence-corrected chi connectivity index (χ1v) is 6.01. The van der Waals surface area contributed by atoms with E-state index in [9.17, 15) is 0 Å². The van der Waals surface area contributed by atoms with E-state index >= 15 is 0 Å². The summed E-state index contributed by atoms with van der Waals surface area (Å²) < 4.78 is 0. The van der Waals surface area contributed by atoms with Gasteiger partial charge in [0.1, 0.15) is 0 Å². The molecule has 2 rings (SSSR count). The summed E-state index contributed by atoms with van der Waals surface area (Å²) in [6.07, 6.45) is 0. The van der Waals surface area contributed by atoms with E-state index in [0.29, 0.717) is 17.3 Å². The standard InChI is InChI=1S/C15H22/c1-10-11(2)14(15(3,4)5)13-9-7-6-8-12(10)13/h6-11,14H,1-5H3. The lowest BCUT2D eigenvalue weighted by Crippen LogP contribution is -2.22. The third kappa shape index (κ3) is 1.60. The van der Waals surface area contributed by atoms with Gasteiger partial charge in [-0.1, -0.05) is 58.9 Å². The molecular formula is C15H22. The van der Waals surface area contributed by atoms with Crippen molar-refractivity contribution in [2.75, 3.05) is 0 Å². The van der Waals surface area contributed by atoms with Crippen LogP contribution in [0, 0.1) is 11.3 Å².